The number of carbonyl (C=O) groups excluding carboxylic acids is 1. The molecule has 0 radical (unpaired) electrons. The number of nitrogens with one attached hydrogen (secondary N) is 2. The number of fused-ring (bicyclic) bond motifs is 1. The Kier molecular flexibility index (Phi) is 5.26. The van der Waals surface area contributed by atoms with Crippen LogP contribution in [-0.2, 0) is 12.8 Å². The molecule has 0 aliphatic heterocycles. The summed E-state index contributed by atoms with van der Waals surface area (Å²) in [6.45, 7) is 4.63. The SMILES string of the molecule is CCc1ccc(-c2nc(C)c(C(=O)NCCc3c[nH]c4ccccc34)s2)cc1. The van der Waals surface area contributed by atoms with Crippen LogP contribution in [0.1, 0.15) is 33.4 Å². The zero-order valence-electron chi connectivity index (χ0n) is 16.1. The highest BCUT2D eigenvalue weighted by Gasteiger charge is 2.16. The third-order valence-corrected chi connectivity index (χ3v) is 6.17. The van der Waals surface area contributed by atoms with Gasteiger partial charge in [-0.25, -0.2) is 4.98 Å². The zero-order chi connectivity index (χ0) is 19.5. The maximum Gasteiger partial charge on any atom is 0.263 e. The minimum atomic E-state index is -0.0498. The second-order valence-electron chi connectivity index (χ2n) is 6.85. The first-order chi connectivity index (χ1) is 13.7. The number of aromatic amines is 1. The maximum atomic E-state index is 12.7. The van der Waals surface area contributed by atoms with Crippen molar-refractivity contribution < 1.29 is 4.79 Å². The predicted molar refractivity (Wildman–Crippen MR) is 116 cm³/mol. The van der Waals surface area contributed by atoms with Gasteiger partial charge in [0.25, 0.3) is 5.91 Å². The van der Waals surface area contributed by atoms with Crippen molar-refractivity contribution in [1.82, 2.24) is 15.3 Å². The number of rotatable bonds is 6. The van der Waals surface area contributed by atoms with E-state index >= 15 is 0 Å². The molecule has 0 bridgehead atoms. The number of thiazole rings is 1. The number of hydrogen-bond acceptors (Lipinski definition) is 3. The van der Waals surface area contributed by atoms with E-state index in [2.05, 4.69) is 58.6 Å². The Bertz CT molecular complexity index is 1110. The average molecular weight is 390 g/mol. The van der Waals surface area contributed by atoms with Gasteiger partial charge in [-0.15, -0.1) is 11.3 Å². The monoisotopic (exact) mass is 389 g/mol. The smallest absolute Gasteiger partial charge is 0.263 e. The molecule has 0 fully saturated rings. The van der Waals surface area contributed by atoms with Crippen LogP contribution in [0.15, 0.2) is 54.7 Å². The average Bonchev–Trinajstić information content (AvgIpc) is 3.32. The van der Waals surface area contributed by atoms with Crippen molar-refractivity contribution >= 4 is 28.1 Å². The first-order valence-electron chi connectivity index (χ1n) is 9.55. The number of nitrogens with zero attached hydrogens (tertiary/aromatic N) is 1. The Balaban J connectivity index is 1.42. The van der Waals surface area contributed by atoms with Crippen molar-refractivity contribution in [3.63, 3.8) is 0 Å². The molecule has 0 spiro atoms. The van der Waals surface area contributed by atoms with Crippen molar-refractivity contribution in [2.75, 3.05) is 6.54 Å². The van der Waals surface area contributed by atoms with Crippen LogP contribution in [0.3, 0.4) is 0 Å². The number of para-hydroxylation sites is 1. The molecule has 0 aliphatic rings. The van der Waals surface area contributed by atoms with E-state index in [0.717, 1.165) is 34.6 Å². The van der Waals surface area contributed by atoms with Gasteiger partial charge in [-0.3, -0.25) is 4.79 Å². The molecule has 0 atom stereocenters. The molecular formula is C23H23N3OS. The number of H-pyrrole nitrogens is 1. The summed E-state index contributed by atoms with van der Waals surface area (Å²) in [5, 5.41) is 5.15. The normalized spacial score (nSPS) is 11.1. The number of carbonyl (C=O) groups is 1. The lowest BCUT2D eigenvalue weighted by Crippen LogP contribution is -2.25. The second kappa shape index (κ2) is 7.98. The van der Waals surface area contributed by atoms with Crippen molar-refractivity contribution in [3.05, 3.63) is 76.4 Å². The van der Waals surface area contributed by atoms with E-state index in [-0.39, 0.29) is 5.91 Å². The van der Waals surface area contributed by atoms with Crippen LogP contribution in [0, 0.1) is 6.92 Å². The second-order valence-corrected chi connectivity index (χ2v) is 7.85. The summed E-state index contributed by atoms with van der Waals surface area (Å²) in [6.07, 6.45) is 3.83. The minimum Gasteiger partial charge on any atom is -0.361 e. The summed E-state index contributed by atoms with van der Waals surface area (Å²) < 4.78 is 0. The number of amides is 1. The Morgan fingerprint density at radius 3 is 2.71 bits per heavy atom. The fourth-order valence-electron chi connectivity index (χ4n) is 3.34. The van der Waals surface area contributed by atoms with Crippen LogP contribution < -0.4 is 5.32 Å². The molecule has 2 N–H and O–H groups in total. The largest absolute Gasteiger partial charge is 0.361 e. The molecule has 5 heteroatoms. The van der Waals surface area contributed by atoms with E-state index < -0.39 is 0 Å². The van der Waals surface area contributed by atoms with Crippen LogP contribution in [0.2, 0.25) is 0 Å². The molecule has 2 aromatic heterocycles. The summed E-state index contributed by atoms with van der Waals surface area (Å²) in [4.78, 5) is 21.2. The fourth-order valence-corrected chi connectivity index (χ4v) is 4.33. The van der Waals surface area contributed by atoms with Gasteiger partial charge in [0.1, 0.15) is 9.88 Å². The third-order valence-electron chi connectivity index (χ3n) is 4.97. The number of hydrogen-bond donors (Lipinski definition) is 2. The van der Waals surface area contributed by atoms with Gasteiger partial charge in [-0.05, 0) is 37.0 Å². The topological polar surface area (TPSA) is 57.8 Å². The summed E-state index contributed by atoms with van der Waals surface area (Å²) in [7, 11) is 0. The molecule has 4 aromatic rings. The Labute approximate surface area is 168 Å². The lowest BCUT2D eigenvalue weighted by molar-refractivity contribution is 0.0957. The van der Waals surface area contributed by atoms with Crippen molar-refractivity contribution in [1.29, 1.82) is 0 Å². The van der Waals surface area contributed by atoms with Gasteiger partial charge >= 0.3 is 0 Å². The molecule has 0 saturated carbocycles. The van der Waals surface area contributed by atoms with Crippen molar-refractivity contribution in [3.8, 4) is 10.6 Å². The Morgan fingerprint density at radius 2 is 1.93 bits per heavy atom. The van der Waals surface area contributed by atoms with E-state index in [4.69, 9.17) is 0 Å². The van der Waals surface area contributed by atoms with Gasteiger partial charge in [0, 0.05) is 29.2 Å². The summed E-state index contributed by atoms with van der Waals surface area (Å²) in [5.74, 6) is -0.0498. The predicted octanol–water partition coefficient (Wildman–Crippen LogP) is 5.13. The van der Waals surface area contributed by atoms with Crippen molar-refractivity contribution in [2.24, 2.45) is 0 Å². The molecule has 28 heavy (non-hydrogen) atoms. The van der Waals surface area contributed by atoms with E-state index in [9.17, 15) is 4.79 Å². The highest BCUT2D eigenvalue weighted by molar-refractivity contribution is 7.17. The summed E-state index contributed by atoms with van der Waals surface area (Å²) in [5.41, 5.74) is 5.48. The molecule has 0 saturated heterocycles. The van der Waals surface area contributed by atoms with Crippen LogP contribution in [0.4, 0.5) is 0 Å². The van der Waals surface area contributed by atoms with Gasteiger partial charge < -0.3 is 10.3 Å². The van der Waals surface area contributed by atoms with Crippen LogP contribution in [0.25, 0.3) is 21.5 Å². The van der Waals surface area contributed by atoms with Gasteiger partial charge in [0.2, 0.25) is 0 Å². The standard InChI is InChI=1S/C23H23N3OS/c1-3-16-8-10-17(11-9-16)23-26-15(2)21(28-23)22(27)24-13-12-18-14-25-20-7-5-4-6-19(18)20/h4-11,14,25H,3,12-13H2,1-2H3,(H,24,27). The van der Waals surface area contributed by atoms with Gasteiger partial charge in [-0.1, -0.05) is 49.4 Å². The highest BCUT2D eigenvalue weighted by Crippen LogP contribution is 2.28. The van der Waals surface area contributed by atoms with Crippen molar-refractivity contribution in [2.45, 2.75) is 26.7 Å². The molecule has 1 amide bonds. The molecular weight excluding hydrogens is 366 g/mol. The van der Waals surface area contributed by atoms with Crippen LogP contribution in [0.5, 0.6) is 0 Å². The molecule has 4 rings (SSSR count). The van der Waals surface area contributed by atoms with E-state index in [0.29, 0.717) is 11.4 Å². The fraction of sp³-hybridized carbons (Fsp3) is 0.217. The van der Waals surface area contributed by atoms with Gasteiger partial charge in [0.05, 0.1) is 5.69 Å². The lowest BCUT2D eigenvalue weighted by Gasteiger charge is -2.03. The van der Waals surface area contributed by atoms with E-state index in [1.54, 1.807) is 0 Å². The summed E-state index contributed by atoms with van der Waals surface area (Å²) in [6, 6.07) is 16.6. The van der Waals surface area contributed by atoms with Gasteiger partial charge in [-0.2, -0.15) is 0 Å². The Hall–Kier alpha value is -2.92. The molecule has 0 aliphatic carbocycles. The van der Waals surface area contributed by atoms with Crippen LogP contribution in [-0.4, -0.2) is 22.4 Å². The highest BCUT2D eigenvalue weighted by atomic mass is 32.1. The van der Waals surface area contributed by atoms with Crippen LogP contribution >= 0.6 is 11.3 Å². The number of benzene rings is 2. The quantitative estimate of drug-likeness (QED) is 0.480. The summed E-state index contributed by atoms with van der Waals surface area (Å²) >= 11 is 1.46. The number of aryl methyl sites for hydroxylation is 2. The molecule has 2 aromatic carbocycles. The van der Waals surface area contributed by atoms with E-state index in [1.165, 1.54) is 27.8 Å². The first kappa shape index (κ1) is 18.4. The molecule has 0 unspecified atom stereocenters. The van der Waals surface area contributed by atoms with E-state index in [1.807, 2.05) is 25.3 Å². The maximum absolute atomic E-state index is 12.7. The lowest BCUT2D eigenvalue weighted by atomic mass is 10.1. The van der Waals surface area contributed by atoms with Gasteiger partial charge in [0.15, 0.2) is 0 Å². The third kappa shape index (κ3) is 3.71. The molecule has 2 heterocycles. The molecule has 142 valence electrons. The Morgan fingerprint density at radius 1 is 1.14 bits per heavy atom. The number of aromatic nitrogens is 2. The minimum absolute atomic E-state index is 0.0498. The molecule has 4 nitrogen and oxygen atoms in total. The first-order valence-corrected chi connectivity index (χ1v) is 10.4. The zero-order valence-corrected chi connectivity index (χ0v) is 16.9.